The fraction of sp³-hybridized carbons (Fsp3) is 0.600. The summed E-state index contributed by atoms with van der Waals surface area (Å²) >= 11 is 0. The van der Waals surface area contributed by atoms with E-state index in [0.717, 1.165) is 37.9 Å². The molecule has 1 aromatic rings. The average Bonchev–Trinajstić information content (AvgIpc) is 2.52. The SMILES string of the molecule is CC1(O)CCCN(CC(O)c2ccc(N)cc2)CC1. The van der Waals surface area contributed by atoms with Gasteiger partial charge >= 0.3 is 0 Å². The number of nitrogens with zero attached hydrogens (tertiary/aromatic N) is 1. The van der Waals surface area contributed by atoms with Crippen LogP contribution in [0.4, 0.5) is 5.69 Å². The van der Waals surface area contributed by atoms with Gasteiger partial charge in [-0.2, -0.15) is 0 Å². The molecule has 0 bridgehead atoms. The lowest BCUT2D eigenvalue weighted by Crippen LogP contribution is -2.31. The van der Waals surface area contributed by atoms with E-state index < -0.39 is 11.7 Å². The molecule has 106 valence electrons. The third-order valence-electron chi connectivity index (χ3n) is 3.91. The third kappa shape index (κ3) is 4.20. The standard InChI is InChI=1S/C15H24N2O2/c1-15(19)7-2-9-17(10-8-15)11-14(18)12-3-5-13(16)6-4-12/h3-6,14,18-19H,2,7-11,16H2,1H3. The number of hydrogen-bond donors (Lipinski definition) is 3. The van der Waals surface area contributed by atoms with Crippen LogP contribution in [0, 0.1) is 0 Å². The summed E-state index contributed by atoms with van der Waals surface area (Å²) in [5.74, 6) is 0. The smallest absolute Gasteiger partial charge is 0.0916 e. The Morgan fingerprint density at radius 2 is 1.95 bits per heavy atom. The van der Waals surface area contributed by atoms with Gasteiger partial charge in [0.05, 0.1) is 11.7 Å². The number of rotatable bonds is 3. The van der Waals surface area contributed by atoms with Gasteiger partial charge in [-0.15, -0.1) is 0 Å². The first-order valence-corrected chi connectivity index (χ1v) is 6.94. The van der Waals surface area contributed by atoms with Crippen LogP contribution in [0.1, 0.15) is 37.9 Å². The molecular formula is C15H24N2O2. The van der Waals surface area contributed by atoms with Gasteiger partial charge in [0.15, 0.2) is 0 Å². The number of benzene rings is 1. The van der Waals surface area contributed by atoms with Crippen LogP contribution in [0.25, 0.3) is 0 Å². The molecule has 0 amide bonds. The molecule has 0 aromatic heterocycles. The van der Waals surface area contributed by atoms with Crippen molar-refractivity contribution in [3.8, 4) is 0 Å². The van der Waals surface area contributed by atoms with E-state index in [1.54, 1.807) is 0 Å². The molecule has 2 unspecified atom stereocenters. The largest absolute Gasteiger partial charge is 0.399 e. The van der Waals surface area contributed by atoms with Crippen molar-refractivity contribution in [2.24, 2.45) is 0 Å². The molecule has 0 saturated carbocycles. The van der Waals surface area contributed by atoms with Crippen LogP contribution in [0.15, 0.2) is 24.3 Å². The number of aliphatic hydroxyl groups excluding tert-OH is 1. The summed E-state index contributed by atoms with van der Waals surface area (Å²) in [4.78, 5) is 2.22. The number of hydrogen-bond acceptors (Lipinski definition) is 4. The van der Waals surface area contributed by atoms with Crippen LogP contribution in [0.3, 0.4) is 0 Å². The van der Waals surface area contributed by atoms with Crippen LogP contribution >= 0.6 is 0 Å². The highest BCUT2D eigenvalue weighted by atomic mass is 16.3. The third-order valence-corrected chi connectivity index (χ3v) is 3.91. The van der Waals surface area contributed by atoms with Crippen molar-refractivity contribution in [3.63, 3.8) is 0 Å². The molecule has 4 N–H and O–H groups in total. The predicted octanol–water partition coefficient (Wildman–Crippen LogP) is 1.54. The Bertz CT molecular complexity index is 403. The van der Waals surface area contributed by atoms with Gasteiger partial charge in [0.2, 0.25) is 0 Å². The Morgan fingerprint density at radius 1 is 1.26 bits per heavy atom. The summed E-state index contributed by atoms with van der Waals surface area (Å²) in [6.45, 7) is 4.27. The summed E-state index contributed by atoms with van der Waals surface area (Å²) in [5.41, 5.74) is 6.69. The molecule has 4 heteroatoms. The molecule has 1 fully saturated rings. The van der Waals surface area contributed by atoms with Gasteiger partial charge in [-0.05, 0) is 50.4 Å². The van der Waals surface area contributed by atoms with Crippen molar-refractivity contribution in [2.75, 3.05) is 25.4 Å². The van der Waals surface area contributed by atoms with Gasteiger partial charge < -0.3 is 20.8 Å². The van der Waals surface area contributed by atoms with Crippen LogP contribution in [0.5, 0.6) is 0 Å². The molecule has 1 heterocycles. The van der Waals surface area contributed by atoms with E-state index in [9.17, 15) is 10.2 Å². The first kappa shape index (κ1) is 14.3. The van der Waals surface area contributed by atoms with Crippen LogP contribution in [0.2, 0.25) is 0 Å². The monoisotopic (exact) mass is 264 g/mol. The van der Waals surface area contributed by atoms with Crippen molar-refractivity contribution in [2.45, 2.75) is 37.9 Å². The van der Waals surface area contributed by atoms with Crippen molar-refractivity contribution in [1.29, 1.82) is 0 Å². The van der Waals surface area contributed by atoms with Crippen molar-refractivity contribution in [1.82, 2.24) is 4.90 Å². The zero-order valence-corrected chi connectivity index (χ0v) is 11.5. The summed E-state index contributed by atoms with van der Waals surface area (Å²) in [5, 5.41) is 20.3. The molecule has 2 rings (SSSR count). The number of likely N-dealkylation sites (tertiary alicyclic amines) is 1. The lowest BCUT2D eigenvalue weighted by molar-refractivity contribution is 0.0421. The Kier molecular flexibility index (Phi) is 4.45. The second-order valence-electron chi connectivity index (χ2n) is 5.83. The van der Waals surface area contributed by atoms with E-state index in [1.807, 2.05) is 31.2 Å². The molecule has 0 radical (unpaired) electrons. The molecule has 0 aliphatic carbocycles. The van der Waals surface area contributed by atoms with Crippen LogP contribution < -0.4 is 5.73 Å². The van der Waals surface area contributed by atoms with Crippen LogP contribution in [-0.2, 0) is 0 Å². The first-order valence-electron chi connectivity index (χ1n) is 6.94. The Morgan fingerprint density at radius 3 is 2.63 bits per heavy atom. The Balaban J connectivity index is 1.91. The van der Waals surface area contributed by atoms with Gasteiger partial charge in [0, 0.05) is 18.8 Å². The molecule has 19 heavy (non-hydrogen) atoms. The maximum absolute atomic E-state index is 10.2. The van der Waals surface area contributed by atoms with E-state index in [1.165, 1.54) is 0 Å². The Hall–Kier alpha value is -1.10. The Labute approximate surface area is 114 Å². The van der Waals surface area contributed by atoms with Gasteiger partial charge in [-0.25, -0.2) is 0 Å². The second kappa shape index (κ2) is 5.90. The highest BCUT2D eigenvalue weighted by molar-refractivity contribution is 5.39. The number of nitrogens with two attached hydrogens (primary N) is 1. The van der Waals surface area contributed by atoms with E-state index in [-0.39, 0.29) is 0 Å². The molecule has 4 nitrogen and oxygen atoms in total. The topological polar surface area (TPSA) is 69.7 Å². The van der Waals surface area contributed by atoms with Gasteiger partial charge in [0.1, 0.15) is 0 Å². The van der Waals surface area contributed by atoms with E-state index >= 15 is 0 Å². The van der Waals surface area contributed by atoms with Gasteiger partial charge in [0.25, 0.3) is 0 Å². The van der Waals surface area contributed by atoms with E-state index in [0.29, 0.717) is 12.2 Å². The zero-order chi connectivity index (χ0) is 13.9. The summed E-state index contributed by atoms with van der Waals surface area (Å²) in [7, 11) is 0. The zero-order valence-electron chi connectivity index (χ0n) is 11.5. The molecule has 1 aromatic carbocycles. The summed E-state index contributed by atoms with van der Waals surface area (Å²) in [6, 6.07) is 7.36. The molecule has 0 spiro atoms. The maximum Gasteiger partial charge on any atom is 0.0916 e. The first-order chi connectivity index (χ1) is 8.96. The summed E-state index contributed by atoms with van der Waals surface area (Å²) in [6.07, 6.45) is 2.08. The molecular weight excluding hydrogens is 240 g/mol. The fourth-order valence-electron chi connectivity index (χ4n) is 2.57. The van der Waals surface area contributed by atoms with Crippen molar-refractivity contribution >= 4 is 5.69 Å². The highest BCUT2D eigenvalue weighted by Gasteiger charge is 2.25. The lowest BCUT2D eigenvalue weighted by Gasteiger charge is -2.24. The number of β-amino-alcohol motifs (C(OH)–C–C–N with tert-alkyl or cyclic N) is 1. The minimum Gasteiger partial charge on any atom is -0.399 e. The molecule has 1 saturated heterocycles. The van der Waals surface area contributed by atoms with E-state index in [2.05, 4.69) is 4.90 Å². The summed E-state index contributed by atoms with van der Waals surface area (Å²) < 4.78 is 0. The van der Waals surface area contributed by atoms with Gasteiger partial charge in [-0.3, -0.25) is 0 Å². The quantitative estimate of drug-likeness (QED) is 0.724. The van der Waals surface area contributed by atoms with Gasteiger partial charge in [-0.1, -0.05) is 12.1 Å². The average molecular weight is 264 g/mol. The van der Waals surface area contributed by atoms with Crippen molar-refractivity contribution < 1.29 is 10.2 Å². The molecule has 2 atom stereocenters. The normalized spacial score (nSPS) is 26.9. The minimum atomic E-state index is -0.555. The number of anilines is 1. The minimum absolute atomic E-state index is 0.497. The van der Waals surface area contributed by atoms with E-state index in [4.69, 9.17) is 5.73 Å². The van der Waals surface area contributed by atoms with Crippen molar-refractivity contribution in [3.05, 3.63) is 29.8 Å². The maximum atomic E-state index is 10.2. The second-order valence-corrected chi connectivity index (χ2v) is 5.83. The highest BCUT2D eigenvalue weighted by Crippen LogP contribution is 2.23. The van der Waals surface area contributed by atoms with Crippen LogP contribution in [-0.4, -0.2) is 40.3 Å². The fourth-order valence-corrected chi connectivity index (χ4v) is 2.57. The molecule has 1 aliphatic heterocycles. The molecule has 1 aliphatic rings. The predicted molar refractivity (Wildman–Crippen MR) is 76.7 cm³/mol. The lowest BCUT2D eigenvalue weighted by atomic mass is 9.98. The number of aliphatic hydroxyl groups is 2. The number of nitrogen functional groups attached to an aromatic ring is 1.